The summed E-state index contributed by atoms with van der Waals surface area (Å²) in [5.74, 6) is 3.20. The van der Waals surface area contributed by atoms with Gasteiger partial charge in [-0.05, 0) is 91.3 Å². The van der Waals surface area contributed by atoms with Crippen LogP contribution in [0, 0.1) is 39.9 Å². The van der Waals surface area contributed by atoms with Gasteiger partial charge in [-0.1, -0.05) is 27.7 Å². The molecule has 0 radical (unpaired) electrons. The predicted octanol–water partition coefficient (Wildman–Crippen LogP) is 5.63. The minimum atomic E-state index is -0.0559. The highest BCUT2D eigenvalue weighted by atomic mass is 35.5. The SMILES string of the molecule is CC1(C)CC2(CC(C)(C)C3CCC(Cl)CC32)C2CC(O)CCC21. The highest BCUT2D eigenvalue weighted by Gasteiger charge is 2.67. The maximum atomic E-state index is 10.4. The molecule has 4 aliphatic rings. The topological polar surface area (TPSA) is 20.2 Å². The third-order valence-corrected chi connectivity index (χ3v) is 9.06. The van der Waals surface area contributed by atoms with Crippen LogP contribution in [-0.4, -0.2) is 16.6 Å². The lowest BCUT2D eigenvalue weighted by Crippen LogP contribution is -2.41. The summed E-state index contributed by atoms with van der Waals surface area (Å²) in [6, 6.07) is 0. The molecule has 4 saturated carbocycles. The fourth-order valence-electron chi connectivity index (χ4n) is 8.23. The molecule has 2 heteroatoms. The summed E-state index contributed by atoms with van der Waals surface area (Å²) in [6.07, 6.45) is 9.77. The first kappa shape index (κ1) is 16.7. The van der Waals surface area contributed by atoms with Gasteiger partial charge < -0.3 is 5.11 Å². The Kier molecular flexibility index (Phi) is 3.73. The van der Waals surface area contributed by atoms with E-state index in [4.69, 9.17) is 11.6 Å². The third kappa shape index (κ3) is 2.35. The molecule has 0 aromatic carbocycles. The van der Waals surface area contributed by atoms with Crippen LogP contribution in [0.15, 0.2) is 0 Å². The smallest absolute Gasteiger partial charge is 0.0543 e. The van der Waals surface area contributed by atoms with E-state index < -0.39 is 0 Å². The van der Waals surface area contributed by atoms with Gasteiger partial charge in [-0.2, -0.15) is 0 Å². The number of rotatable bonds is 0. The normalized spacial score (nSPS) is 54.0. The molecule has 0 amide bonds. The fraction of sp³-hybridized carbons (Fsp3) is 1.00. The van der Waals surface area contributed by atoms with Crippen LogP contribution in [0.2, 0.25) is 0 Å². The van der Waals surface area contributed by atoms with Crippen LogP contribution in [0.25, 0.3) is 0 Å². The van der Waals surface area contributed by atoms with Crippen molar-refractivity contribution in [1.82, 2.24) is 0 Å². The van der Waals surface area contributed by atoms with Crippen molar-refractivity contribution >= 4 is 11.6 Å². The van der Waals surface area contributed by atoms with Crippen LogP contribution >= 0.6 is 11.6 Å². The zero-order valence-corrected chi connectivity index (χ0v) is 16.2. The Balaban J connectivity index is 1.76. The Bertz CT molecular complexity index is 438. The minimum absolute atomic E-state index is 0.0559. The van der Waals surface area contributed by atoms with Crippen molar-refractivity contribution in [2.75, 3.05) is 0 Å². The van der Waals surface area contributed by atoms with E-state index >= 15 is 0 Å². The Labute approximate surface area is 147 Å². The molecule has 4 fully saturated rings. The molecule has 0 aliphatic heterocycles. The Morgan fingerprint density at radius 3 is 1.87 bits per heavy atom. The molecule has 4 rings (SSSR count). The van der Waals surface area contributed by atoms with E-state index in [1.54, 1.807) is 0 Å². The molecule has 1 nitrogen and oxygen atoms in total. The number of hydrogen-bond acceptors (Lipinski definition) is 1. The van der Waals surface area contributed by atoms with E-state index in [-0.39, 0.29) is 6.10 Å². The summed E-state index contributed by atoms with van der Waals surface area (Å²) in [7, 11) is 0. The first-order chi connectivity index (χ1) is 10.7. The molecule has 4 aliphatic carbocycles. The van der Waals surface area contributed by atoms with Gasteiger partial charge in [0.1, 0.15) is 0 Å². The molecule has 7 unspecified atom stereocenters. The summed E-state index contributed by atoms with van der Waals surface area (Å²) in [5, 5.41) is 10.8. The summed E-state index contributed by atoms with van der Waals surface area (Å²) in [6.45, 7) is 10.1. The zero-order valence-electron chi connectivity index (χ0n) is 15.4. The van der Waals surface area contributed by atoms with Crippen molar-refractivity contribution in [3.05, 3.63) is 0 Å². The molecule has 0 saturated heterocycles. The van der Waals surface area contributed by atoms with Gasteiger partial charge in [0, 0.05) is 5.38 Å². The van der Waals surface area contributed by atoms with Gasteiger partial charge in [-0.3, -0.25) is 0 Å². The summed E-state index contributed by atoms with van der Waals surface area (Å²) < 4.78 is 0. The molecular weight excluding hydrogens is 304 g/mol. The summed E-state index contributed by atoms with van der Waals surface area (Å²) >= 11 is 6.66. The van der Waals surface area contributed by atoms with E-state index in [1.165, 1.54) is 38.5 Å². The van der Waals surface area contributed by atoms with Crippen LogP contribution in [-0.2, 0) is 0 Å². The standard InChI is InChI=1S/C21H35ClO/c1-19(2)11-21(17-9-13(22)5-7-15(17)19)12-20(3,4)16-8-6-14(23)10-18(16)21/h13-18,23H,5-12H2,1-4H3. The lowest BCUT2D eigenvalue weighted by atomic mass is 9.60. The average Bonchev–Trinajstić information content (AvgIpc) is 2.78. The maximum Gasteiger partial charge on any atom is 0.0543 e. The van der Waals surface area contributed by atoms with Gasteiger partial charge in [0.25, 0.3) is 0 Å². The molecule has 1 spiro atoms. The van der Waals surface area contributed by atoms with Crippen molar-refractivity contribution in [3.8, 4) is 0 Å². The van der Waals surface area contributed by atoms with E-state index in [2.05, 4.69) is 27.7 Å². The monoisotopic (exact) mass is 338 g/mol. The van der Waals surface area contributed by atoms with E-state index in [0.29, 0.717) is 21.6 Å². The van der Waals surface area contributed by atoms with Crippen molar-refractivity contribution in [2.24, 2.45) is 39.9 Å². The van der Waals surface area contributed by atoms with E-state index in [1.807, 2.05) is 0 Å². The average molecular weight is 339 g/mol. The first-order valence-electron chi connectivity index (χ1n) is 9.98. The number of hydrogen-bond donors (Lipinski definition) is 1. The zero-order chi connectivity index (χ0) is 16.6. The Morgan fingerprint density at radius 2 is 1.26 bits per heavy atom. The van der Waals surface area contributed by atoms with Crippen LogP contribution in [0.3, 0.4) is 0 Å². The number of fused-ring (bicyclic) bond motifs is 4. The van der Waals surface area contributed by atoms with Gasteiger partial charge >= 0.3 is 0 Å². The number of aliphatic hydroxyl groups is 1. The van der Waals surface area contributed by atoms with Crippen LogP contribution < -0.4 is 0 Å². The maximum absolute atomic E-state index is 10.4. The first-order valence-corrected chi connectivity index (χ1v) is 10.4. The highest BCUT2D eigenvalue weighted by molar-refractivity contribution is 6.20. The molecule has 7 atom stereocenters. The summed E-state index contributed by atoms with van der Waals surface area (Å²) in [4.78, 5) is 0. The second-order valence-corrected chi connectivity index (χ2v) is 11.5. The molecule has 23 heavy (non-hydrogen) atoms. The molecule has 0 aromatic heterocycles. The van der Waals surface area contributed by atoms with Gasteiger partial charge in [0.2, 0.25) is 0 Å². The quantitative estimate of drug-likeness (QED) is 0.567. The van der Waals surface area contributed by atoms with E-state index in [9.17, 15) is 5.11 Å². The highest BCUT2D eigenvalue weighted by Crippen LogP contribution is 2.74. The van der Waals surface area contributed by atoms with Gasteiger partial charge in [-0.25, -0.2) is 0 Å². The fourth-order valence-corrected chi connectivity index (χ4v) is 8.55. The predicted molar refractivity (Wildman–Crippen MR) is 96.5 cm³/mol. The van der Waals surface area contributed by atoms with Crippen molar-refractivity contribution in [3.63, 3.8) is 0 Å². The van der Waals surface area contributed by atoms with E-state index in [0.717, 1.165) is 36.5 Å². The Morgan fingerprint density at radius 1 is 0.739 bits per heavy atom. The van der Waals surface area contributed by atoms with Crippen LogP contribution in [0.5, 0.6) is 0 Å². The molecule has 132 valence electrons. The number of halogens is 1. The van der Waals surface area contributed by atoms with Crippen LogP contribution in [0.1, 0.15) is 79.1 Å². The van der Waals surface area contributed by atoms with Gasteiger partial charge in [0.05, 0.1) is 6.10 Å². The van der Waals surface area contributed by atoms with Gasteiger partial charge in [0.15, 0.2) is 0 Å². The molecule has 0 aromatic rings. The second-order valence-electron chi connectivity index (χ2n) is 10.9. The van der Waals surface area contributed by atoms with Crippen molar-refractivity contribution in [2.45, 2.75) is 90.5 Å². The second kappa shape index (κ2) is 5.13. The largest absolute Gasteiger partial charge is 0.393 e. The van der Waals surface area contributed by atoms with Crippen molar-refractivity contribution < 1.29 is 5.11 Å². The molecule has 1 N–H and O–H groups in total. The van der Waals surface area contributed by atoms with Crippen molar-refractivity contribution in [1.29, 1.82) is 0 Å². The van der Waals surface area contributed by atoms with Gasteiger partial charge in [-0.15, -0.1) is 11.6 Å². The lowest BCUT2D eigenvalue weighted by molar-refractivity contribution is -0.00123. The number of aliphatic hydroxyl groups excluding tert-OH is 1. The lowest BCUT2D eigenvalue weighted by Gasteiger charge is -2.46. The Hall–Kier alpha value is 0.250. The molecule has 0 heterocycles. The minimum Gasteiger partial charge on any atom is -0.393 e. The molecular formula is C21H35ClO. The summed E-state index contributed by atoms with van der Waals surface area (Å²) in [5.41, 5.74) is 1.35. The van der Waals surface area contributed by atoms with Crippen LogP contribution in [0.4, 0.5) is 0 Å². The number of alkyl halides is 1. The third-order valence-electron chi connectivity index (χ3n) is 8.66. The molecule has 0 bridgehead atoms.